The summed E-state index contributed by atoms with van der Waals surface area (Å²) in [4.78, 5) is 0. The molecule has 1 saturated carbocycles. The van der Waals surface area contributed by atoms with Crippen LogP contribution in [0.5, 0.6) is 5.75 Å². The third-order valence-electron chi connectivity index (χ3n) is 2.90. The number of benzene rings is 1. The van der Waals surface area contributed by atoms with Crippen molar-refractivity contribution >= 4 is 11.6 Å². The molecule has 1 aromatic rings. The number of ether oxygens (including phenoxy) is 1. The molecule has 0 aliphatic heterocycles. The van der Waals surface area contributed by atoms with Crippen molar-refractivity contribution in [2.75, 3.05) is 7.05 Å². The van der Waals surface area contributed by atoms with Crippen molar-refractivity contribution in [3.63, 3.8) is 0 Å². The molecule has 1 aliphatic rings. The van der Waals surface area contributed by atoms with Gasteiger partial charge in [-0.15, -0.1) is 0 Å². The summed E-state index contributed by atoms with van der Waals surface area (Å²) in [7, 11) is 2.00. The maximum atomic E-state index is 6.04. The van der Waals surface area contributed by atoms with Crippen LogP contribution in [0.25, 0.3) is 0 Å². The smallest absolute Gasteiger partial charge is 0.123 e. The maximum Gasteiger partial charge on any atom is 0.123 e. The van der Waals surface area contributed by atoms with Crippen LogP contribution in [0.15, 0.2) is 18.2 Å². The van der Waals surface area contributed by atoms with Crippen molar-refractivity contribution in [3.8, 4) is 5.75 Å². The Labute approximate surface area is 102 Å². The summed E-state index contributed by atoms with van der Waals surface area (Å²) in [5.74, 6) is 1.53. The van der Waals surface area contributed by atoms with Gasteiger partial charge in [-0.3, -0.25) is 0 Å². The van der Waals surface area contributed by atoms with E-state index >= 15 is 0 Å². The normalized spacial score (nSPS) is 23.6. The highest BCUT2D eigenvalue weighted by atomic mass is 35.5. The Morgan fingerprint density at radius 1 is 1.44 bits per heavy atom. The molecule has 1 aromatic carbocycles. The van der Waals surface area contributed by atoms with Crippen LogP contribution >= 0.6 is 11.6 Å². The third kappa shape index (κ3) is 2.50. The Morgan fingerprint density at radius 3 is 2.75 bits per heavy atom. The Balaban J connectivity index is 2.23. The molecule has 2 rings (SSSR count). The zero-order chi connectivity index (χ0) is 11.7. The van der Waals surface area contributed by atoms with E-state index < -0.39 is 0 Å². The molecule has 0 amide bonds. The van der Waals surface area contributed by atoms with Crippen molar-refractivity contribution in [2.24, 2.45) is 0 Å². The molecule has 1 fully saturated rings. The lowest BCUT2D eigenvalue weighted by molar-refractivity contribution is 0.240. The molecule has 0 radical (unpaired) electrons. The molecular weight excluding hydrogens is 222 g/mol. The van der Waals surface area contributed by atoms with Crippen molar-refractivity contribution in [2.45, 2.75) is 38.3 Å². The molecule has 2 nitrogen and oxygen atoms in total. The number of hydrogen-bond donors (Lipinski definition) is 1. The fourth-order valence-electron chi connectivity index (χ4n) is 2.03. The molecule has 0 heterocycles. The number of likely N-dealkylation sites (N-methyl/N-ethyl adjacent to an activating group) is 1. The second kappa shape index (κ2) is 4.64. The number of hydrogen-bond acceptors (Lipinski definition) is 2. The summed E-state index contributed by atoms with van der Waals surface area (Å²) < 4.78 is 5.81. The standard InChI is InChI=1S/C13H18ClNO/c1-8(2)16-13-5-4-9(14)6-11(13)10-7-12(10)15-3/h4-6,8,10,12,15H,7H2,1-3H3. The zero-order valence-corrected chi connectivity index (χ0v) is 10.7. The van der Waals surface area contributed by atoms with E-state index in [1.807, 2.05) is 39.1 Å². The lowest BCUT2D eigenvalue weighted by Gasteiger charge is -2.14. The predicted molar refractivity (Wildman–Crippen MR) is 67.4 cm³/mol. The molecule has 0 bridgehead atoms. The second-order valence-electron chi connectivity index (χ2n) is 4.59. The highest BCUT2D eigenvalue weighted by molar-refractivity contribution is 6.30. The highest BCUT2D eigenvalue weighted by Gasteiger charge is 2.39. The van der Waals surface area contributed by atoms with Gasteiger partial charge < -0.3 is 10.1 Å². The van der Waals surface area contributed by atoms with Gasteiger partial charge in [-0.2, -0.15) is 0 Å². The van der Waals surface area contributed by atoms with Crippen LogP contribution in [-0.2, 0) is 0 Å². The lowest BCUT2D eigenvalue weighted by atomic mass is 10.1. The van der Waals surface area contributed by atoms with Gasteiger partial charge in [-0.1, -0.05) is 11.6 Å². The Morgan fingerprint density at radius 2 is 2.19 bits per heavy atom. The molecule has 2 atom stereocenters. The summed E-state index contributed by atoms with van der Waals surface area (Å²) in [6.07, 6.45) is 1.37. The minimum Gasteiger partial charge on any atom is -0.491 e. The zero-order valence-electron chi connectivity index (χ0n) is 9.96. The first-order valence-corrected chi connectivity index (χ1v) is 6.13. The number of rotatable bonds is 4. The summed E-state index contributed by atoms with van der Waals surface area (Å²) in [5, 5.41) is 4.07. The van der Waals surface area contributed by atoms with Crippen LogP contribution in [0.4, 0.5) is 0 Å². The third-order valence-corrected chi connectivity index (χ3v) is 3.13. The molecule has 0 aromatic heterocycles. The summed E-state index contributed by atoms with van der Waals surface area (Å²) in [6.45, 7) is 4.08. The SMILES string of the molecule is CNC1CC1c1cc(Cl)ccc1OC(C)C. The van der Waals surface area contributed by atoms with Crippen LogP contribution in [0.1, 0.15) is 31.7 Å². The molecule has 16 heavy (non-hydrogen) atoms. The lowest BCUT2D eigenvalue weighted by Crippen LogP contribution is -2.12. The van der Waals surface area contributed by atoms with Crippen LogP contribution in [0, 0.1) is 0 Å². The second-order valence-corrected chi connectivity index (χ2v) is 5.02. The predicted octanol–water partition coefficient (Wildman–Crippen LogP) is 3.20. The first-order valence-electron chi connectivity index (χ1n) is 5.75. The van der Waals surface area contributed by atoms with Crippen LogP contribution < -0.4 is 10.1 Å². The van der Waals surface area contributed by atoms with E-state index in [-0.39, 0.29) is 6.10 Å². The van der Waals surface area contributed by atoms with Crippen LogP contribution in [-0.4, -0.2) is 19.2 Å². The van der Waals surface area contributed by atoms with E-state index in [1.54, 1.807) is 0 Å². The van der Waals surface area contributed by atoms with Crippen molar-refractivity contribution in [1.29, 1.82) is 0 Å². The monoisotopic (exact) mass is 239 g/mol. The average Bonchev–Trinajstić information content (AvgIpc) is 2.99. The summed E-state index contributed by atoms with van der Waals surface area (Å²) in [5.41, 5.74) is 1.24. The molecule has 88 valence electrons. The molecule has 0 saturated heterocycles. The Hall–Kier alpha value is -0.730. The molecule has 2 unspecified atom stereocenters. The quantitative estimate of drug-likeness (QED) is 0.871. The largest absolute Gasteiger partial charge is 0.491 e. The summed E-state index contributed by atoms with van der Waals surface area (Å²) in [6, 6.07) is 6.47. The van der Waals surface area contributed by atoms with E-state index in [4.69, 9.17) is 16.3 Å². The van der Waals surface area contributed by atoms with Crippen LogP contribution in [0.2, 0.25) is 5.02 Å². The van der Waals surface area contributed by atoms with Gasteiger partial charge in [-0.05, 0) is 45.5 Å². The van der Waals surface area contributed by atoms with Gasteiger partial charge in [0.1, 0.15) is 5.75 Å². The van der Waals surface area contributed by atoms with Crippen LogP contribution in [0.3, 0.4) is 0 Å². The molecular formula is C13H18ClNO. The van der Waals surface area contributed by atoms with Crippen molar-refractivity contribution < 1.29 is 4.74 Å². The maximum absolute atomic E-state index is 6.04. The van der Waals surface area contributed by atoms with Crippen molar-refractivity contribution in [3.05, 3.63) is 28.8 Å². The van der Waals surface area contributed by atoms with Gasteiger partial charge >= 0.3 is 0 Å². The molecule has 1 aliphatic carbocycles. The van der Waals surface area contributed by atoms with E-state index in [0.717, 1.165) is 10.8 Å². The Kier molecular flexibility index (Phi) is 3.41. The minimum absolute atomic E-state index is 0.201. The van der Waals surface area contributed by atoms with E-state index in [1.165, 1.54) is 12.0 Å². The average molecular weight is 240 g/mol. The Bertz CT molecular complexity index is 378. The fraction of sp³-hybridized carbons (Fsp3) is 0.538. The van der Waals surface area contributed by atoms with Gasteiger partial charge in [0.2, 0.25) is 0 Å². The van der Waals surface area contributed by atoms with Gasteiger partial charge in [0.25, 0.3) is 0 Å². The molecule has 0 spiro atoms. The minimum atomic E-state index is 0.201. The van der Waals surface area contributed by atoms with Gasteiger partial charge in [0.15, 0.2) is 0 Å². The molecule has 3 heteroatoms. The van der Waals surface area contributed by atoms with Gasteiger partial charge in [0, 0.05) is 22.5 Å². The highest BCUT2D eigenvalue weighted by Crippen LogP contribution is 2.45. The fourth-order valence-corrected chi connectivity index (χ4v) is 2.21. The topological polar surface area (TPSA) is 21.3 Å². The van der Waals surface area contributed by atoms with Gasteiger partial charge in [0.05, 0.1) is 6.10 Å². The van der Waals surface area contributed by atoms with Gasteiger partial charge in [-0.25, -0.2) is 0 Å². The van der Waals surface area contributed by atoms with E-state index in [0.29, 0.717) is 12.0 Å². The first-order chi connectivity index (χ1) is 7.61. The van der Waals surface area contributed by atoms with E-state index in [9.17, 15) is 0 Å². The summed E-state index contributed by atoms with van der Waals surface area (Å²) >= 11 is 6.04. The first kappa shape index (κ1) is 11.7. The number of halogens is 1. The van der Waals surface area contributed by atoms with Crippen molar-refractivity contribution in [1.82, 2.24) is 5.32 Å². The molecule has 1 N–H and O–H groups in total. The number of nitrogens with one attached hydrogen (secondary N) is 1. The van der Waals surface area contributed by atoms with E-state index in [2.05, 4.69) is 5.32 Å².